The molecule has 110 valence electrons. The van der Waals surface area contributed by atoms with Crippen LogP contribution in [0.2, 0.25) is 5.02 Å². The molecule has 21 heavy (non-hydrogen) atoms. The third-order valence-electron chi connectivity index (χ3n) is 2.88. The lowest BCUT2D eigenvalue weighted by Crippen LogP contribution is -2.14. The van der Waals surface area contributed by atoms with Gasteiger partial charge in [-0.3, -0.25) is 4.79 Å². The molecule has 1 amide bonds. The van der Waals surface area contributed by atoms with E-state index in [9.17, 15) is 4.79 Å². The van der Waals surface area contributed by atoms with Gasteiger partial charge in [-0.2, -0.15) is 0 Å². The van der Waals surface area contributed by atoms with E-state index in [4.69, 9.17) is 26.8 Å². The average molecular weight is 307 g/mol. The van der Waals surface area contributed by atoms with Crippen molar-refractivity contribution in [3.63, 3.8) is 0 Å². The van der Waals surface area contributed by atoms with E-state index in [-0.39, 0.29) is 5.91 Å². The number of anilines is 2. The summed E-state index contributed by atoms with van der Waals surface area (Å²) in [6.45, 7) is 0. The molecular formula is C15H15ClN2O3. The third-order valence-corrected chi connectivity index (χ3v) is 3.12. The number of hydrogen-bond donors (Lipinski definition) is 2. The van der Waals surface area contributed by atoms with Gasteiger partial charge in [-0.05, 0) is 30.3 Å². The number of rotatable bonds is 4. The van der Waals surface area contributed by atoms with Gasteiger partial charge in [-0.1, -0.05) is 11.6 Å². The Balaban J connectivity index is 2.32. The molecule has 3 N–H and O–H groups in total. The average Bonchev–Trinajstić information content (AvgIpc) is 2.47. The fourth-order valence-corrected chi connectivity index (χ4v) is 2.04. The van der Waals surface area contributed by atoms with Gasteiger partial charge in [0.2, 0.25) is 0 Å². The van der Waals surface area contributed by atoms with E-state index in [0.717, 1.165) is 0 Å². The first-order valence-electron chi connectivity index (χ1n) is 6.13. The van der Waals surface area contributed by atoms with E-state index >= 15 is 0 Å². The second-order valence-corrected chi connectivity index (χ2v) is 4.69. The molecule has 2 rings (SSSR count). The number of halogens is 1. The summed E-state index contributed by atoms with van der Waals surface area (Å²) in [4.78, 5) is 12.4. The number of nitrogens with one attached hydrogen (secondary N) is 1. The van der Waals surface area contributed by atoms with Gasteiger partial charge in [-0.15, -0.1) is 0 Å². The molecule has 0 aromatic heterocycles. The van der Waals surface area contributed by atoms with Crippen LogP contribution in [0.3, 0.4) is 0 Å². The number of amides is 1. The lowest BCUT2D eigenvalue weighted by atomic mass is 10.1. The summed E-state index contributed by atoms with van der Waals surface area (Å²) >= 11 is 5.93. The van der Waals surface area contributed by atoms with Crippen molar-refractivity contribution >= 4 is 28.9 Å². The number of carbonyl (C=O) groups excluding carboxylic acids is 1. The molecule has 0 saturated carbocycles. The second kappa shape index (κ2) is 6.37. The standard InChI is InChI=1S/C15H15ClN2O3/c1-20-13-6-3-9(16)7-12(13)18-15(19)11-5-4-10(17)8-14(11)21-2/h3-8H,17H2,1-2H3,(H,18,19). The molecule has 0 aliphatic heterocycles. The number of hydrogen-bond acceptors (Lipinski definition) is 4. The van der Waals surface area contributed by atoms with Crippen molar-refractivity contribution in [1.29, 1.82) is 0 Å². The highest BCUT2D eigenvalue weighted by Gasteiger charge is 2.15. The molecule has 0 saturated heterocycles. The molecular weight excluding hydrogens is 292 g/mol. The summed E-state index contributed by atoms with van der Waals surface area (Å²) in [6.07, 6.45) is 0. The van der Waals surface area contributed by atoms with Crippen LogP contribution in [0, 0.1) is 0 Å². The van der Waals surface area contributed by atoms with Crippen molar-refractivity contribution in [3.05, 3.63) is 47.0 Å². The highest BCUT2D eigenvalue weighted by Crippen LogP contribution is 2.29. The molecule has 0 heterocycles. The first-order valence-corrected chi connectivity index (χ1v) is 6.51. The van der Waals surface area contributed by atoms with Crippen molar-refractivity contribution in [2.24, 2.45) is 0 Å². The zero-order chi connectivity index (χ0) is 15.4. The molecule has 5 nitrogen and oxygen atoms in total. The van der Waals surface area contributed by atoms with Gasteiger partial charge in [0.15, 0.2) is 0 Å². The quantitative estimate of drug-likeness (QED) is 0.851. The van der Waals surface area contributed by atoms with Crippen LogP contribution in [0.15, 0.2) is 36.4 Å². The Morgan fingerprint density at radius 1 is 1.10 bits per heavy atom. The molecule has 6 heteroatoms. The lowest BCUT2D eigenvalue weighted by molar-refractivity contribution is 0.102. The molecule has 0 aliphatic carbocycles. The number of ether oxygens (including phenoxy) is 2. The Kier molecular flexibility index (Phi) is 4.55. The molecule has 0 unspecified atom stereocenters. The van der Waals surface area contributed by atoms with Gasteiger partial charge >= 0.3 is 0 Å². The van der Waals surface area contributed by atoms with Crippen LogP contribution in [0.25, 0.3) is 0 Å². The van der Waals surface area contributed by atoms with Crippen LogP contribution in [-0.2, 0) is 0 Å². The van der Waals surface area contributed by atoms with Crippen LogP contribution in [-0.4, -0.2) is 20.1 Å². The van der Waals surface area contributed by atoms with E-state index in [1.807, 2.05) is 0 Å². The number of nitrogens with two attached hydrogens (primary N) is 1. The zero-order valence-electron chi connectivity index (χ0n) is 11.6. The maximum atomic E-state index is 12.4. The maximum absolute atomic E-state index is 12.4. The topological polar surface area (TPSA) is 73.6 Å². The molecule has 0 aliphatic rings. The normalized spacial score (nSPS) is 10.0. The highest BCUT2D eigenvalue weighted by atomic mass is 35.5. The van der Waals surface area contributed by atoms with Gasteiger partial charge in [0, 0.05) is 16.8 Å². The van der Waals surface area contributed by atoms with Crippen LogP contribution >= 0.6 is 11.6 Å². The molecule has 0 spiro atoms. The van der Waals surface area contributed by atoms with Gasteiger partial charge in [-0.25, -0.2) is 0 Å². The van der Waals surface area contributed by atoms with E-state index in [0.29, 0.717) is 33.5 Å². The molecule has 2 aromatic carbocycles. The van der Waals surface area contributed by atoms with Gasteiger partial charge < -0.3 is 20.5 Å². The van der Waals surface area contributed by atoms with Crippen molar-refractivity contribution < 1.29 is 14.3 Å². The van der Waals surface area contributed by atoms with Gasteiger partial charge in [0.05, 0.1) is 25.5 Å². The Bertz CT molecular complexity index is 674. The fraction of sp³-hybridized carbons (Fsp3) is 0.133. The lowest BCUT2D eigenvalue weighted by Gasteiger charge is -2.12. The minimum Gasteiger partial charge on any atom is -0.496 e. The highest BCUT2D eigenvalue weighted by molar-refractivity contribution is 6.31. The smallest absolute Gasteiger partial charge is 0.259 e. The van der Waals surface area contributed by atoms with E-state index < -0.39 is 0 Å². The summed E-state index contributed by atoms with van der Waals surface area (Å²) in [6, 6.07) is 9.79. The van der Waals surface area contributed by atoms with Crippen LogP contribution in [0.5, 0.6) is 11.5 Å². The summed E-state index contributed by atoms with van der Waals surface area (Å²) in [5, 5.41) is 3.24. The van der Waals surface area contributed by atoms with E-state index in [1.165, 1.54) is 14.2 Å². The predicted molar refractivity (Wildman–Crippen MR) is 83.4 cm³/mol. The largest absolute Gasteiger partial charge is 0.496 e. The number of benzene rings is 2. The van der Waals surface area contributed by atoms with Crippen LogP contribution in [0.4, 0.5) is 11.4 Å². The summed E-state index contributed by atoms with van der Waals surface area (Å²) in [7, 11) is 2.99. The minimum atomic E-state index is -0.340. The van der Waals surface area contributed by atoms with Crippen molar-refractivity contribution in [2.45, 2.75) is 0 Å². The van der Waals surface area contributed by atoms with Gasteiger partial charge in [0.25, 0.3) is 5.91 Å². The maximum Gasteiger partial charge on any atom is 0.259 e. The van der Waals surface area contributed by atoms with Crippen molar-refractivity contribution in [2.75, 3.05) is 25.3 Å². The van der Waals surface area contributed by atoms with Crippen molar-refractivity contribution in [1.82, 2.24) is 0 Å². The molecule has 2 aromatic rings. The minimum absolute atomic E-state index is 0.340. The van der Waals surface area contributed by atoms with Crippen LogP contribution < -0.4 is 20.5 Å². The first-order chi connectivity index (χ1) is 10.0. The number of methoxy groups -OCH3 is 2. The number of nitrogen functional groups attached to an aromatic ring is 1. The summed E-state index contributed by atoms with van der Waals surface area (Å²) < 4.78 is 10.4. The fourth-order valence-electron chi connectivity index (χ4n) is 1.86. The Morgan fingerprint density at radius 3 is 2.48 bits per heavy atom. The molecule has 0 fully saturated rings. The number of carbonyl (C=O) groups is 1. The molecule has 0 atom stereocenters. The summed E-state index contributed by atoms with van der Waals surface area (Å²) in [5.41, 5.74) is 7.04. The van der Waals surface area contributed by atoms with Crippen molar-refractivity contribution in [3.8, 4) is 11.5 Å². The third kappa shape index (κ3) is 3.38. The predicted octanol–water partition coefficient (Wildman–Crippen LogP) is 3.19. The Morgan fingerprint density at radius 2 is 1.81 bits per heavy atom. The van der Waals surface area contributed by atoms with Crippen LogP contribution in [0.1, 0.15) is 10.4 Å². The van der Waals surface area contributed by atoms with E-state index in [1.54, 1.807) is 36.4 Å². The SMILES string of the molecule is COc1ccc(Cl)cc1NC(=O)c1ccc(N)cc1OC. The Labute approximate surface area is 127 Å². The summed E-state index contributed by atoms with van der Waals surface area (Å²) in [5.74, 6) is 0.572. The van der Waals surface area contributed by atoms with E-state index in [2.05, 4.69) is 5.32 Å². The zero-order valence-corrected chi connectivity index (χ0v) is 12.4. The Hall–Kier alpha value is -2.40. The van der Waals surface area contributed by atoms with Gasteiger partial charge in [0.1, 0.15) is 11.5 Å². The monoisotopic (exact) mass is 306 g/mol. The molecule has 0 bridgehead atoms. The molecule has 0 radical (unpaired) electrons. The first kappa shape index (κ1) is 15.0. The second-order valence-electron chi connectivity index (χ2n) is 4.26.